The lowest BCUT2D eigenvalue weighted by Gasteiger charge is -2.32. The number of hydrogen-bond acceptors (Lipinski definition) is 5. The van der Waals surface area contributed by atoms with Crippen LogP contribution in [-0.2, 0) is 0 Å². The number of fused-ring (bicyclic) bond motifs is 1. The molecule has 1 aliphatic rings. The van der Waals surface area contributed by atoms with Crippen molar-refractivity contribution in [2.24, 2.45) is 0 Å². The van der Waals surface area contributed by atoms with Crippen molar-refractivity contribution in [3.8, 4) is 0 Å². The van der Waals surface area contributed by atoms with Crippen LogP contribution in [0.3, 0.4) is 0 Å². The number of carbonyl (C=O) groups is 1. The number of benzene rings is 2. The summed E-state index contributed by atoms with van der Waals surface area (Å²) in [6, 6.07) is 21.0. The van der Waals surface area contributed by atoms with Crippen molar-refractivity contribution in [2.75, 3.05) is 10.6 Å². The molecule has 4 aromatic rings. The third kappa shape index (κ3) is 3.44. The minimum Gasteiger partial charge on any atom is -0.459 e. The summed E-state index contributed by atoms with van der Waals surface area (Å²) in [6.07, 6.45) is 2.18. The summed E-state index contributed by atoms with van der Waals surface area (Å²) in [7, 11) is 0. The fraction of sp³-hybridized carbons (Fsp3) is 0.136. The fourth-order valence-corrected chi connectivity index (χ4v) is 3.97. The van der Waals surface area contributed by atoms with Gasteiger partial charge in [-0.3, -0.25) is 10.1 Å². The predicted molar refractivity (Wildman–Crippen MR) is 114 cm³/mol. The zero-order chi connectivity index (χ0) is 20.5. The quantitative estimate of drug-likeness (QED) is 0.490. The molecule has 2 aromatic carbocycles. The first kappa shape index (κ1) is 18.4. The van der Waals surface area contributed by atoms with E-state index in [1.807, 2.05) is 42.5 Å². The molecule has 0 bridgehead atoms. The second-order valence-corrected chi connectivity index (χ2v) is 7.42. The van der Waals surface area contributed by atoms with Gasteiger partial charge < -0.3 is 9.73 Å². The molecule has 2 aromatic heterocycles. The van der Waals surface area contributed by atoms with Crippen molar-refractivity contribution in [1.82, 2.24) is 14.8 Å². The van der Waals surface area contributed by atoms with Crippen LogP contribution in [0.1, 0.15) is 40.2 Å². The summed E-state index contributed by atoms with van der Waals surface area (Å²) < 4.78 is 6.92. The van der Waals surface area contributed by atoms with Crippen molar-refractivity contribution in [2.45, 2.75) is 18.5 Å². The first-order valence-electron chi connectivity index (χ1n) is 9.56. The van der Waals surface area contributed by atoms with Gasteiger partial charge in [-0.05, 0) is 35.7 Å². The highest BCUT2D eigenvalue weighted by Crippen LogP contribution is 2.40. The first-order chi connectivity index (χ1) is 14.7. The van der Waals surface area contributed by atoms with Crippen LogP contribution in [0.15, 0.2) is 77.4 Å². The highest BCUT2D eigenvalue weighted by molar-refractivity contribution is 6.31. The van der Waals surface area contributed by atoms with E-state index in [4.69, 9.17) is 16.0 Å². The maximum atomic E-state index is 12.3. The zero-order valence-corrected chi connectivity index (χ0v) is 16.6. The van der Waals surface area contributed by atoms with E-state index in [-0.39, 0.29) is 23.8 Å². The largest absolute Gasteiger partial charge is 0.459 e. The molecule has 150 valence electrons. The molecule has 8 heteroatoms. The third-order valence-electron chi connectivity index (χ3n) is 5.13. The molecule has 1 aliphatic heterocycles. The van der Waals surface area contributed by atoms with Crippen LogP contribution < -0.4 is 10.6 Å². The number of halogens is 1. The molecule has 0 spiro atoms. The molecule has 0 radical (unpaired) electrons. The van der Waals surface area contributed by atoms with E-state index in [1.54, 1.807) is 16.8 Å². The zero-order valence-electron chi connectivity index (χ0n) is 15.8. The van der Waals surface area contributed by atoms with Crippen LogP contribution in [0.2, 0.25) is 5.02 Å². The van der Waals surface area contributed by atoms with Gasteiger partial charge in [-0.15, -0.1) is 5.10 Å². The van der Waals surface area contributed by atoms with Crippen LogP contribution in [0, 0.1) is 0 Å². The Labute approximate surface area is 177 Å². The lowest BCUT2D eigenvalue weighted by Crippen LogP contribution is -2.28. The third-order valence-corrected chi connectivity index (χ3v) is 5.47. The minimum atomic E-state index is -0.406. The van der Waals surface area contributed by atoms with Gasteiger partial charge in [0.05, 0.1) is 18.3 Å². The second kappa shape index (κ2) is 7.68. The number of anilines is 2. The number of furan rings is 1. The lowest BCUT2D eigenvalue weighted by atomic mass is 9.93. The molecule has 0 saturated heterocycles. The number of hydrogen-bond donors (Lipinski definition) is 2. The molecule has 2 atom stereocenters. The lowest BCUT2D eigenvalue weighted by molar-refractivity contribution is 0.0995. The van der Waals surface area contributed by atoms with Gasteiger partial charge in [-0.2, -0.15) is 4.98 Å². The standard InChI is InChI=1S/C22H18ClN5O2/c23-16-10-5-4-9-15(16)18-13-17(14-7-2-1-3-8-14)24-22-26-21(27-28(18)22)25-20(29)19-11-6-12-30-19/h1-12,17-18H,13H2,(H2,24,25,26,27,29)/t17-,18-/m1/s1. The van der Waals surface area contributed by atoms with Crippen LogP contribution in [-0.4, -0.2) is 20.7 Å². The maximum absolute atomic E-state index is 12.3. The Morgan fingerprint density at radius 3 is 2.67 bits per heavy atom. The fourth-order valence-electron chi connectivity index (χ4n) is 3.71. The average molecular weight is 420 g/mol. The summed E-state index contributed by atoms with van der Waals surface area (Å²) in [6.45, 7) is 0. The molecule has 7 nitrogen and oxygen atoms in total. The van der Waals surface area contributed by atoms with Gasteiger partial charge >= 0.3 is 0 Å². The molecule has 0 unspecified atom stereocenters. The molecule has 3 heterocycles. The Kier molecular flexibility index (Phi) is 4.72. The van der Waals surface area contributed by atoms with E-state index in [0.29, 0.717) is 11.0 Å². The highest BCUT2D eigenvalue weighted by Gasteiger charge is 2.32. The van der Waals surface area contributed by atoms with Gasteiger partial charge in [0.15, 0.2) is 5.76 Å². The molecule has 0 saturated carbocycles. The summed E-state index contributed by atoms with van der Waals surface area (Å²) in [5.74, 6) is 0.553. The van der Waals surface area contributed by atoms with Crippen molar-refractivity contribution in [1.29, 1.82) is 0 Å². The molecular formula is C22H18ClN5O2. The Hall–Kier alpha value is -3.58. The van der Waals surface area contributed by atoms with E-state index in [9.17, 15) is 4.79 Å². The minimum absolute atomic E-state index is 0.0257. The van der Waals surface area contributed by atoms with Crippen molar-refractivity contribution in [3.05, 3.63) is 94.9 Å². The molecule has 30 heavy (non-hydrogen) atoms. The molecule has 0 fully saturated rings. The number of carbonyl (C=O) groups excluding carboxylic acids is 1. The monoisotopic (exact) mass is 419 g/mol. The van der Waals surface area contributed by atoms with Gasteiger partial charge in [0.1, 0.15) is 0 Å². The SMILES string of the molecule is O=C(Nc1nc2n(n1)[C@@H](c1ccccc1Cl)C[C@H](c1ccccc1)N2)c1ccco1. The number of rotatable bonds is 4. The number of nitrogens with one attached hydrogen (secondary N) is 2. The smallest absolute Gasteiger partial charge is 0.293 e. The Morgan fingerprint density at radius 2 is 1.90 bits per heavy atom. The molecule has 5 rings (SSSR count). The molecular weight excluding hydrogens is 402 g/mol. The van der Waals surface area contributed by atoms with Crippen molar-refractivity contribution < 1.29 is 9.21 Å². The van der Waals surface area contributed by atoms with E-state index in [2.05, 4.69) is 32.8 Å². The summed E-state index contributed by atoms with van der Waals surface area (Å²) in [4.78, 5) is 16.8. The Balaban J connectivity index is 1.52. The average Bonchev–Trinajstić information content (AvgIpc) is 3.44. The summed E-state index contributed by atoms with van der Waals surface area (Å²) in [5.41, 5.74) is 2.10. The van der Waals surface area contributed by atoms with Crippen LogP contribution in [0.4, 0.5) is 11.9 Å². The van der Waals surface area contributed by atoms with Crippen LogP contribution in [0.5, 0.6) is 0 Å². The number of nitrogens with zero attached hydrogens (tertiary/aromatic N) is 3. The maximum Gasteiger partial charge on any atom is 0.293 e. The van der Waals surface area contributed by atoms with E-state index < -0.39 is 5.91 Å². The topological polar surface area (TPSA) is 85.0 Å². The summed E-state index contributed by atoms with van der Waals surface area (Å²) >= 11 is 6.51. The van der Waals surface area contributed by atoms with Crippen molar-refractivity contribution in [3.63, 3.8) is 0 Å². The van der Waals surface area contributed by atoms with Crippen molar-refractivity contribution >= 4 is 29.4 Å². The number of aromatic nitrogens is 3. The second-order valence-electron chi connectivity index (χ2n) is 7.02. The van der Waals surface area contributed by atoms with Gasteiger partial charge in [0, 0.05) is 5.02 Å². The summed E-state index contributed by atoms with van der Waals surface area (Å²) in [5, 5.41) is 11.3. The molecule has 2 N–H and O–H groups in total. The normalized spacial score (nSPS) is 17.8. The van der Waals surface area contributed by atoms with Crippen LogP contribution in [0.25, 0.3) is 0 Å². The van der Waals surface area contributed by atoms with Crippen LogP contribution >= 0.6 is 11.6 Å². The molecule has 1 amide bonds. The number of amides is 1. The van der Waals surface area contributed by atoms with Gasteiger partial charge in [-0.1, -0.05) is 60.1 Å². The first-order valence-corrected chi connectivity index (χ1v) is 9.94. The Morgan fingerprint density at radius 1 is 1.10 bits per heavy atom. The Bertz CT molecular complexity index is 1170. The van der Waals surface area contributed by atoms with Gasteiger partial charge in [0.2, 0.25) is 5.95 Å². The van der Waals surface area contributed by atoms with Gasteiger partial charge in [0.25, 0.3) is 11.9 Å². The van der Waals surface area contributed by atoms with E-state index in [1.165, 1.54) is 6.26 Å². The van der Waals surface area contributed by atoms with E-state index >= 15 is 0 Å². The molecule has 0 aliphatic carbocycles. The predicted octanol–water partition coefficient (Wildman–Crippen LogP) is 4.92. The van der Waals surface area contributed by atoms with Gasteiger partial charge in [-0.25, -0.2) is 4.68 Å². The van der Waals surface area contributed by atoms with E-state index in [0.717, 1.165) is 17.5 Å². The highest BCUT2D eigenvalue weighted by atomic mass is 35.5.